The van der Waals surface area contributed by atoms with Gasteiger partial charge in [-0.1, -0.05) is 65.0 Å². The third-order valence-electron chi connectivity index (χ3n) is 3.69. The van der Waals surface area contributed by atoms with Crippen LogP contribution in [0.25, 0.3) is 0 Å². The number of rotatable bonds is 0. The van der Waals surface area contributed by atoms with Gasteiger partial charge in [0.1, 0.15) is 16.1 Å². The van der Waals surface area contributed by atoms with Crippen LogP contribution in [0, 0.1) is 28.3 Å². The Morgan fingerprint density at radius 3 is 1.52 bits per heavy atom. The van der Waals surface area contributed by atoms with E-state index in [9.17, 15) is 0 Å². The molecule has 0 aromatic rings. The van der Waals surface area contributed by atoms with Crippen molar-refractivity contribution in [3.63, 3.8) is 0 Å². The van der Waals surface area contributed by atoms with E-state index in [1.165, 1.54) is 31.3 Å². The van der Waals surface area contributed by atoms with Crippen molar-refractivity contribution in [1.29, 1.82) is 0 Å². The Hall–Kier alpha value is -0.706. The zero-order chi connectivity index (χ0) is 16.3. The van der Waals surface area contributed by atoms with Crippen molar-refractivity contribution >= 4 is 16.1 Å². The van der Waals surface area contributed by atoms with Crippen molar-refractivity contribution in [1.82, 2.24) is 0 Å². The van der Waals surface area contributed by atoms with Crippen LogP contribution in [-0.4, -0.2) is 16.1 Å². The van der Waals surface area contributed by atoms with Crippen LogP contribution in [0.1, 0.15) is 39.5 Å². The molecule has 116 valence electrons. The lowest BCUT2D eigenvalue weighted by Crippen LogP contribution is -2.19. The number of hydrogen-bond donors (Lipinski definition) is 0. The molecule has 1 aliphatic rings. The molecular weight excluding hydrogens is 284 g/mol. The highest BCUT2D eigenvalue weighted by Crippen LogP contribution is 2.38. The van der Waals surface area contributed by atoms with Gasteiger partial charge in [0.25, 0.3) is 0 Å². The molecule has 0 N–H and O–H groups in total. The Bertz CT molecular complexity index is 483. The van der Waals surface area contributed by atoms with Gasteiger partial charge >= 0.3 is 0 Å². The average molecular weight is 317 g/mol. The Morgan fingerprint density at radius 1 is 0.810 bits per heavy atom. The number of hydrogen-bond acceptors (Lipinski definition) is 0. The van der Waals surface area contributed by atoms with E-state index in [2.05, 4.69) is 76.1 Å². The second-order valence-electron chi connectivity index (χ2n) is 9.14. The van der Waals surface area contributed by atoms with Crippen LogP contribution in [-0.2, 0) is 0 Å². The minimum atomic E-state index is -1.34. The maximum Gasteiger partial charge on any atom is 0.129 e. The van der Waals surface area contributed by atoms with Gasteiger partial charge in [0.15, 0.2) is 0 Å². The van der Waals surface area contributed by atoms with Gasteiger partial charge in [0, 0.05) is 0 Å². The van der Waals surface area contributed by atoms with E-state index in [1.54, 1.807) is 0 Å². The lowest BCUT2D eigenvalue weighted by atomic mass is 9.74. The fraction of sp³-hybridized carbons (Fsp3) is 0.684. The zero-order valence-corrected chi connectivity index (χ0v) is 17.3. The van der Waals surface area contributed by atoms with E-state index < -0.39 is 16.1 Å². The van der Waals surface area contributed by atoms with E-state index in [4.69, 9.17) is 0 Å². The Balaban J connectivity index is 3.13. The summed E-state index contributed by atoms with van der Waals surface area (Å²) < 4.78 is 0. The monoisotopic (exact) mass is 316 g/mol. The SMILES string of the molecule is CC1(C)CCC(=C(C#C[Si](C)(C)C)C#C[Si](C)(C)C)CC1. The van der Waals surface area contributed by atoms with E-state index in [-0.39, 0.29) is 0 Å². The molecular formula is C19H32Si2. The zero-order valence-electron chi connectivity index (χ0n) is 15.3. The number of allylic oxidation sites excluding steroid dienone is 2. The molecule has 0 spiro atoms. The van der Waals surface area contributed by atoms with Crippen LogP contribution in [0.5, 0.6) is 0 Å². The molecule has 0 aromatic carbocycles. The summed E-state index contributed by atoms with van der Waals surface area (Å²) in [5.41, 5.74) is 10.2. The van der Waals surface area contributed by atoms with Gasteiger partial charge < -0.3 is 0 Å². The van der Waals surface area contributed by atoms with Crippen molar-refractivity contribution in [3.05, 3.63) is 11.1 Å². The van der Waals surface area contributed by atoms with Crippen molar-refractivity contribution in [2.45, 2.75) is 78.8 Å². The maximum atomic E-state index is 3.52. The predicted octanol–water partition coefficient (Wildman–Crippen LogP) is 5.64. The minimum absolute atomic E-state index is 0.493. The van der Waals surface area contributed by atoms with Gasteiger partial charge in [-0.3, -0.25) is 0 Å². The highest BCUT2D eigenvalue weighted by Gasteiger charge is 2.24. The van der Waals surface area contributed by atoms with Crippen LogP contribution in [0.4, 0.5) is 0 Å². The molecule has 0 unspecified atom stereocenters. The van der Waals surface area contributed by atoms with E-state index in [0.29, 0.717) is 5.41 Å². The largest absolute Gasteiger partial charge is 0.129 e. The van der Waals surface area contributed by atoms with Crippen LogP contribution in [0.3, 0.4) is 0 Å². The van der Waals surface area contributed by atoms with Gasteiger partial charge in [0.05, 0.1) is 5.57 Å². The van der Waals surface area contributed by atoms with E-state index in [1.807, 2.05) is 0 Å². The first-order valence-corrected chi connectivity index (χ1v) is 15.2. The molecule has 0 atom stereocenters. The fourth-order valence-corrected chi connectivity index (χ4v) is 3.19. The normalized spacial score (nSPS) is 18.2. The summed E-state index contributed by atoms with van der Waals surface area (Å²) in [5, 5.41) is 0. The average Bonchev–Trinajstić information content (AvgIpc) is 2.27. The summed E-state index contributed by atoms with van der Waals surface area (Å²) in [4.78, 5) is 0. The quantitative estimate of drug-likeness (QED) is 0.400. The Kier molecular flexibility index (Phi) is 5.76. The first-order chi connectivity index (χ1) is 9.38. The first kappa shape index (κ1) is 18.3. The molecule has 1 fully saturated rings. The van der Waals surface area contributed by atoms with Crippen molar-refractivity contribution in [2.75, 3.05) is 0 Å². The predicted molar refractivity (Wildman–Crippen MR) is 102 cm³/mol. The molecule has 0 bridgehead atoms. The fourth-order valence-electron chi connectivity index (χ4n) is 2.19. The molecule has 1 rings (SSSR count). The standard InChI is InChI=1S/C19H32Si2/c1-19(2)13-9-17(10-14-19)18(11-15-20(3,4)5)12-16-21(6,7)8/h9-10,13-14H2,1-8H3. The van der Waals surface area contributed by atoms with Crippen molar-refractivity contribution < 1.29 is 0 Å². The maximum absolute atomic E-state index is 3.52. The summed E-state index contributed by atoms with van der Waals surface area (Å²) in [6.45, 7) is 18.6. The van der Waals surface area contributed by atoms with E-state index >= 15 is 0 Å². The van der Waals surface area contributed by atoms with Crippen molar-refractivity contribution in [3.8, 4) is 22.9 Å². The lowest BCUT2D eigenvalue weighted by Gasteiger charge is -2.31. The Labute approximate surface area is 134 Å². The molecule has 0 nitrogen and oxygen atoms in total. The van der Waals surface area contributed by atoms with Gasteiger partial charge in [0.2, 0.25) is 0 Å². The molecule has 0 aromatic heterocycles. The van der Waals surface area contributed by atoms with Crippen LogP contribution in [0.15, 0.2) is 11.1 Å². The highest BCUT2D eigenvalue weighted by molar-refractivity contribution is 6.84. The van der Waals surface area contributed by atoms with Crippen LogP contribution >= 0.6 is 0 Å². The summed E-state index contributed by atoms with van der Waals surface area (Å²) in [5.74, 6) is 6.94. The van der Waals surface area contributed by atoms with Gasteiger partial charge in [-0.25, -0.2) is 0 Å². The van der Waals surface area contributed by atoms with Gasteiger partial charge in [-0.15, -0.1) is 11.1 Å². The molecule has 0 saturated heterocycles. The summed E-state index contributed by atoms with van der Waals surface area (Å²) in [6, 6.07) is 0. The topological polar surface area (TPSA) is 0 Å². The summed E-state index contributed by atoms with van der Waals surface area (Å²) >= 11 is 0. The molecule has 21 heavy (non-hydrogen) atoms. The Morgan fingerprint density at radius 2 is 1.19 bits per heavy atom. The van der Waals surface area contributed by atoms with Gasteiger partial charge in [-0.05, 0) is 36.7 Å². The van der Waals surface area contributed by atoms with Crippen LogP contribution < -0.4 is 0 Å². The third-order valence-corrected chi connectivity index (χ3v) is 5.44. The molecule has 2 heteroatoms. The molecule has 0 heterocycles. The smallest absolute Gasteiger partial charge is 0.126 e. The second-order valence-corrected chi connectivity index (χ2v) is 18.6. The highest BCUT2D eigenvalue weighted by atomic mass is 28.3. The summed E-state index contributed by atoms with van der Waals surface area (Å²) in [6.07, 6.45) is 4.91. The molecule has 1 aliphatic carbocycles. The van der Waals surface area contributed by atoms with Gasteiger partial charge in [-0.2, -0.15) is 0 Å². The molecule has 1 saturated carbocycles. The lowest BCUT2D eigenvalue weighted by molar-refractivity contribution is 0.278. The minimum Gasteiger partial charge on any atom is -0.126 e. The molecule has 0 radical (unpaired) electrons. The molecule has 0 aliphatic heterocycles. The first-order valence-electron chi connectivity index (χ1n) is 8.16. The molecule has 0 amide bonds. The van der Waals surface area contributed by atoms with E-state index in [0.717, 1.165) is 5.57 Å². The second kappa shape index (κ2) is 6.59. The van der Waals surface area contributed by atoms with Crippen LogP contribution in [0.2, 0.25) is 39.3 Å². The summed E-state index contributed by atoms with van der Waals surface area (Å²) in [7, 11) is -2.68. The third kappa shape index (κ3) is 7.75. The van der Waals surface area contributed by atoms with Crippen molar-refractivity contribution in [2.24, 2.45) is 5.41 Å².